The van der Waals surface area contributed by atoms with E-state index in [0.717, 1.165) is 12.3 Å². The molecular formula is C16H21NO. The first-order valence-electron chi connectivity index (χ1n) is 6.41. The number of aryl methyl sites for hydroxylation is 4. The predicted octanol–water partition coefficient (Wildman–Crippen LogP) is 3.80. The Balaban J connectivity index is 2.01. The van der Waals surface area contributed by atoms with E-state index in [1.54, 1.807) is 0 Å². The maximum absolute atomic E-state index is 5.93. The van der Waals surface area contributed by atoms with Crippen LogP contribution >= 0.6 is 0 Å². The minimum atomic E-state index is 0.710. The number of hydrogen-bond acceptors (Lipinski definition) is 1. The fourth-order valence-electron chi connectivity index (χ4n) is 2.32. The van der Waals surface area contributed by atoms with Gasteiger partial charge in [0.25, 0.3) is 0 Å². The molecule has 0 saturated carbocycles. The van der Waals surface area contributed by atoms with E-state index in [4.69, 9.17) is 4.74 Å². The summed E-state index contributed by atoms with van der Waals surface area (Å²) in [5.74, 6) is 1.03. The van der Waals surface area contributed by atoms with Gasteiger partial charge in [-0.05, 0) is 51.0 Å². The zero-order valence-corrected chi connectivity index (χ0v) is 11.7. The normalized spacial score (nSPS) is 10.7. The van der Waals surface area contributed by atoms with E-state index < -0.39 is 0 Å². The molecule has 2 nitrogen and oxygen atoms in total. The molecule has 0 unspecified atom stereocenters. The molecule has 0 atom stereocenters. The van der Waals surface area contributed by atoms with E-state index in [2.05, 4.69) is 62.6 Å². The second-order valence-corrected chi connectivity index (χ2v) is 4.84. The highest BCUT2D eigenvalue weighted by Gasteiger charge is 2.04. The second kappa shape index (κ2) is 5.30. The Morgan fingerprint density at radius 2 is 1.44 bits per heavy atom. The quantitative estimate of drug-likeness (QED) is 0.796. The van der Waals surface area contributed by atoms with Gasteiger partial charge in [-0.1, -0.05) is 18.2 Å². The molecule has 0 fully saturated rings. The van der Waals surface area contributed by atoms with Crippen molar-refractivity contribution in [3.63, 3.8) is 0 Å². The summed E-state index contributed by atoms with van der Waals surface area (Å²) in [7, 11) is 0. The number of aromatic nitrogens is 1. The highest BCUT2D eigenvalue weighted by molar-refractivity contribution is 5.39. The summed E-state index contributed by atoms with van der Waals surface area (Å²) in [5, 5.41) is 0. The molecule has 2 rings (SSSR count). The van der Waals surface area contributed by atoms with Crippen LogP contribution in [0.1, 0.15) is 22.5 Å². The Morgan fingerprint density at radius 1 is 0.889 bits per heavy atom. The van der Waals surface area contributed by atoms with Crippen molar-refractivity contribution in [3.8, 4) is 5.75 Å². The molecule has 0 aliphatic carbocycles. The molecule has 1 heterocycles. The Morgan fingerprint density at radius 3 is 2.00 bits per heavy atom. The van der Waals surface area contributed by atoms with Gasteiger partial charge in [-0.25, -0.2) is 0 Å². The molecule has 96 valence electrons. The molecule has 0 N–H and O–H groups in total. The van der Waals surface area contributed by atoms with Crippen molar-refractivity contribution in [2.45, 2.75) is 34.2 Å². The number of ether oxygens (including phenoxy) is 1. The van der Waals surface area contributed by atoms with Crippen LogP contribution in [-0.2, 0) is 6.54 Å². The number of hydrogen-bond donors (Lipinski definition) is 0. The van der Waals surface area contributed by atoms with Gasteiger partial charge in [0.05, 0.1) is 6.54 Å². The molecule has 2 aromatic rings. The fourth-order valence-corrected chi connectivity index (χ4v) is 2.32. The average Bonchev–Trinajstić information content (AvgIpc) is 2.64. The lowest BCUT2D eigenvalue weighted by atomic mass is 10.1. The monoisotopic (exact) mass is 243 g/mol. The highest BCUT2D eigenvalue weighted by Crippen LogP contribution is 2.22. The van der Waals surface area contributed by atoms with Gasteiger partial charge in [0.1, 0.15) is 12.4 Å². The number of para-hydroxylation sites is 1. The highest BCUT2D eigenvalue weighted by atomic mass is 16.5. The molecule has 0 aliphatic rings. The molecule has 0 bridgehead atoms. The smallest absolute Gasteiger partial charge is 0.125 e. The molecule has 0 spiro atoms. The lowest BCUT2D eigenvalue weighted by molar-refractivity contribution is 0.292. The lowest BCUT2D eigenvalue weighted by Crippen LogP contribution is -2.11. The van der Waals surface area contributed by atoms with E-state index in [1.165, 1.54) is 22.5 Å². The first-order valence-corrected chi connectivity index (χ1v) is 6.41. The van der Waals surface area contributed by atoms with Crippen LogP contribution in [-0.4, -0.2) is 11.2 Å². The van der Waals surface area contributed by atoms with Crippen molar-refractivity contribution >= 4 is 0 Å². The number of nitrogens with zero attached hydrogens (tertiary/aromatic N) is 1. The van der Waals surface area contributed by atoms with E-state index >= 15 is 0 Å². The standard InChI is InChI=1S/C16H21NO/c1-12-6-5-7-13(2)16(12)18-11-10-17-14(3)8-9-15(17)4/h5-9H,10-11H2,1-4H3. The summed E-state index contributed by atoms with van der Waals surface area (Å²) in [6.45, 7) is 10.1. The van der Waals surface area contributed by atoms with Crippen LogP contribution in [0.15, 0.2) is 30.3 Å². The number of rotatable bonds is 4. The van der Waals surface area contributed by atoms with Crippen molar-refractivity contribution in [2.75, 3.05) is 6.61 Å². The topological polar surface area (TPSA) is 14.2 Å². The van der Waals surface area contributed by atoms with Crippen molar-refractivity contribution in [1.29, 1.82) is 0 Å². The Hall–Kier alpha value is -1.70. The summed E-state index contributed by atoms with van der Waals surface area (Å²) < 4.78 is 8.22. The van der Waals surface area contributed by atoms with Crippen LogP contribution in [0.2, 0.25) is 0 Å². The molecule has 0 saturated heterocycles. The summed E-state index contributed by atoms with van der Waals surface area (Å²) in [4.78, 5) is 0. The van der Waals surface area contributed by atoms with Gasteiger partial charge in [0.15, 0.2) is 0 Å². The van der Waals surface area contributed by atoms with Gasteiger partial charge in [-0.3, -0.25) is 0 Å². The second-order valence-electron chi connectivity index (χ2n) is 4.84. The van der Waals surface area contributed by atoms with E-state index in [1.807, 2.05) is 0 Å². The van der Waals surface area contributed by atoms with Crippen molar-refractivity contribution in [2.24, 2.45) is 0 Å². The predicted molar refractivity (Wildman–Crippen MR) is 75.3 cm³/mol. The van der Waals surface area contributed by atoms with Crippen molar-refractivity contribution in [3.05, 3.63) is 52.8 Å². The third-order valence-electron chi connectivity index (χ3n) is 3.39. The Bertz CT molecular complexity index is 500. The third-order valence-corrected chi connectivity index (χ3v) is 3.39. The average molecular weight is 243 g/mol. The lowest BCUT2D eigenvalue weighted by Gasteiger charge is -2.14. The first-order chi connectivity index (χ1) is 8.59. The van der Waals surface area contributed by atoms with E-state index in [9.17, 15) is 0 Å². The van der Waals surface area contributed by atoms with Gasteiger partial charge in [0, 0.05) is 11.4 Å². The van der Waals surface area contributed by atoms with Crippen LogP contribution < -0.4 is 4.74 Å². The van der Waals surface area contributed by atoms with Gasteiger partial charge >= 0.3 is 0 Å². The zero-order valence-electron chi connectivity index (χ0n) is 11.7. The SMILES string of the molecule is Cc1cccc(C)c1OCCn1c(C)ccc1C. The van der Waals surface area contributed by atoms with Crippen molar-refractivity contribution < 1.29 is 4.74 Å². The maximum atomic E-state index is 5.93. The van der Waals surface area contributed by atoms with E-state index in [-0.39, 0.29) is 0 Å². The Labute approximate surface area is 109 Å². The molecular weight excluding hydrogens is 222 g/mol. The minimum absolute atomic E-state index is 0.710. The molecule has 2 heteroatoms. The van der Waals surface area contributed by atoms with Crippen molar-refractivity contribution in [1.82, 2.24) is 4.57 Å². The van der Waals surface area contributed by atoms with Gasteiger partial charge in [0.2, 0.25) is 0 Å². The van der Waals surface area contributed by atoms with Gasteiger partial charge in [-0.15, -0.1) is 0 Å². The molecule has 0 radical (unpaired) electrons. The largest absolute Gasteiger partial charge is 0.491 e. The van der Waals surface area contributed by atoms with Gasteiger partial charge < -0.3 is 9.30 Å². The summed E-state index contributed by atoms with van der Waals surface area (Å²) in [6.07, 6.45) is 0. The van der Waals surface area contributed by atoms with Gasteiger partial charge in [-0.2, -0.15) is 0 Å². The van der Waals surface area contributed by atoms with E-state index in [0.29, 0.717) is 6.61 Å². The molecule has 0 aliphatic heterocycles. The van der Waals surface area contributed by atoms with Crippen LogP contribution in [0.25, 0.3) is 0 Å². The zero-order chi connectivity index (χ0) is 13.1. The van der Waals surface area contributed by atoms with Crippen LogP contribution in [0, 0.1) is 27.7 Å². The molecule has 1 aromatic heterocycles. The van der Waals surface area contributed by atoms with Crippen LogP contribution in [0.4, 0.5) is 0 Å². The molecule has 1 aromatic carbocycles. The molecule has 0 amide bonds. The molecule has 18 heavy (non-hydrogen) atoms. The fraction of sp³-hybridized carbons (Fsp3) is 0.375. The maximum Gasteiger partial charge on any atom is 0.125 e. The summed E-state index contributed by atoms with van der Waals surface area (Å²) in [5.41, 5.74) is 4.99. The summed E-state index contributed by atoms with van der Waals surface area (Å²) in [6, 6.07) is 10.5. The summed E-state index contributed by atoms with van der Waals surface area (Å²) >= 11 is 0. The number of benzene rings is 1. The third kappa shape index (κ3) is 2.58. The van der Waals surface area contributed by atoms with Crippen LogP contribution in [0.5, 0.6) is 5.75 Å². The Kier molecular flexibility index (Phi) is 3.75. The first kappa shape index (κ1) is 12.7. The van der Waals surface area contributed by atoms with Crippen LogP contribution in [0.3, 0.4) is 0 Å². The minimum Gasteiger partial charge on any atom is -0.491 e.